The first-order valence-electron chi connectivity index (χ1n) is 7.45. The highest BCUT2D eigenvalue weighted by Crippen LogP contribution is 2.32. The van der Waals surface area contributed by atoms with Crippen molar-refractivity contribution in [2.45, 2.75) is 11.8 Å². The lowest BCUT2D eigenvalue weighted by atomic mass is 10.1. The molecular formula is C17H17N5O2S. The van der Waals surface area contributed by atoms with Crippen LogP contribution in [0.3, 0.4) is 0 Å². The number of nitrogens with two attached hydrogens (primary N) is 2. The second kappa shape index (κ2) is 6.40. The summed E-state index contributed by atoms with van der Waals surface area (Å²) >= 11 is 0. The third-order valence-electron chi connectivity index (χ3n) is 3.57. The van der Waals surface area contributed by atoms with Crippen LogP contribution in [0.1, 0.15) is 5.56 Å². The lowest BCUT2D eigenvalue weighted by Gasteiger charge is -2.14. The average molecular weight is 355 g/mol. The number of aromatic nitrogens is 2. The van der Waals surface area contributed by atoms with Crippen molar-refractivity contribution in [2.24, 2.45) is 0 Å². The second-order valence-corrected chi connectivity index (χ2v) is 7.16. The molecule has 0 aliphatic carbocycles. The molecule has 25 heavy (non-hydrogen) atoms. The molecule has 0 spiro atoms. The SMILES string of the molecule is Cc1ccc(S(=O)(=O)Nc2c(N)nc(N)nc2-c2ccccc2)cc1. The number of anilines is 3. The molecule has 0 unspecified atom stereocenters. The highest BCUT2D eigenvalue weighted by Gasteiger charge is 2.21. The summed E-state index contributed by atoms with van der Waals surface area (Å²) in [5.41, 5.74) is 13.6. The van der Waals surface area contributed by atoms with E-state index in [1.54, 1.807) is 24.3 Å². The van der Waals surface area contributed by atoms with Gasteiger partial charge in [0.25, 0.3) is 10.0 Å². The molecule has 0 aliphatic heterocycles. The van der Waals surface area contributed by atoms with Crippen LogP contribution in [-0.2, 0) is 10.0 Å². The summed E-state index contributed by atoms with van der Waals surface area (Å²) in [6, 6.07) is 15.5. The van der Waals surface area contributed by atoms with Gasteiger partial charge in [0.15, 0.2) is 5.82 Å². The zero-order valence-corrected chi connectivity index (χ0v) is 14.3. The van der Waals surface area contributed by atoms with Crippen molar-refractivity contribution in [1.29, 1.82) is 0 Å². The Morgan fingerprint density at radius 3 is 2.20 bits per heavy atom. The van der Waals surface area contributed by atoms with Crippen LogP contribution >= 0.6 is 0 Å². The number of nitrogens with one attached hydrogen (secondary N) is 1. The van der Waals surface area contributed by atoms with Crippen LogP contribution in [0.4, 0.5) is 17.5 Å². The van der Waals surface area contributed by atoms with Crippen molar-refractivity contribution in [2.75, 3.05) is 16.2 Å². The van der Waals surface area contributed by atoms with Gasteiger partial charge < -0.3 is 11.5 Å². The normalized spacial score (nSPS) is 11.2. The van der Waals surface area contributed by atoms with Crippen molar-refractivity contribution in [3.8, 4) is 11.3 Å². The Hall–Kier alpha value is -3.13. The summed E-state index contributed by atoms with van der Waals surface area (Å²) in [7, 11) is -3.85. The number of hydrogen-bond acceptors (Lipinski definition) is 6. The summed E-state index contributed by atoms with van der Waals surface area (Å²) in [5, 5.41) is 0. The molecular weight excluding hydrogens is 338 g/mol. The highest BCUT2D eigenvalue weighted by atomic mass is 32.2. The van der Waals surface area contributed by atoms with Gasteiger partial charge in [-0.2, -0.15) is 4.98 Å². The Kier molecular flexibility index (Phi) is 4.28. The molecule has 1 heterocycles. The van der Waals surface area contributed by atoms with Crippen molar-refractivity contribution < 1.29 is 8.42 Å². The van der Waals surface area contributed by atoms with Crippen LogP contribution in [0.2, 0.25) is 0 Å². The predicted octanol–water partition coefficient (Wildman–Crippen LogP) is 2.42. The average Bonchev–Trinajstić information content (AvgIpc) is 2.58. The van der Waals surface area contributed by atoms with Gasteiger partial charge in [-0.05, 0) is 19.1 Å². The van der Waals surface area contributed by atoms with E-state index in [1.807, 2.05) is 25.1 Å². The highest BCUT2D eigenvalue weighted by molar-refractivity contribution is 7.92. The molecule has 2 aromatic carbocycles. The molecule has 0 fully saturated rings. The predicted molar refractivity (Wildman–Crippen MR) is 98.3 cm³/mol. The monoisotopic (exact) mass is 355 g/mol. The third-order valence-corrected chi connectivity index (χ3v) is 4.93. The van der Waals surface area contributed by atoms with Crippen LogP contribution in [0.15, 0.2) is 59.5 Å². The van der Waals surface area contributed by atoms with Gasteiger partial charge in [-0.1, -0.05) is 48.0 Å². The maximum absolute atomic E-state index is 12.7. The summed E-state index contributed by atoms with van der Waals surface area (Å²) in [6.45, 7) is 1.88. The van der Waals surface area contributed by atoms with Crippen LogP contribution in [0.5, 0.6) is 0 Å². The Morgan fingerprint density at radius 2 is 1.56 bits per heavy atom. The van der Waals surface area contributed by atoms with Gasteiger partial charge >= 0.3 is 0 Å². The zero-order chi connectivity index (χ0) is 18.0. The number of hydrogen-bond donors (Lipinski definition) is 3. The van der Waals surface area contributed by atoms with Crippen molar-refractivity contribution in [1.82, 2.24) is 9.97 Å². The Morgan fingerprint density at radius 1 is 0.920 bits per heavy atom. The Labute approximate surface area is 145 Å². The van der Waals surface area contributed by atoms with Crippen molar-refractivity contribution in [3.63, 3.8) is 0 Å². The first-order valence-corrected chi connectivity index (χ1v) is 8.93. The van der Waals surface area contributed by atoms with E-state index >= 15 is 0 Å². The molecule has 0 saturated heterocycles. The first-order chi connectivity index (χ1) is 11.9. The van der Waals surface area contributed by atoms with E-state index in [1.165, 1.54) is 12.1 Å². The van der Waals surface area contributed by atoms with Crippen LogP contribution < -0.4 is 16.2 Å². The van der Waals surface area contributed by atoms with E-state index in [4.69, 9.17) is 11.5 Å². The summed E-state index contributed by atoms with van der Waals surface area (Å²) in [4.78, 5) is 8.14. The number of nitrogen functional groups attached to an aromatic ring is 2. The maximum atomic E-state index is 12.7. The van der Waals surface area contributed by atoms with E-state index in [2.05, 4.69) is 14.7 Å². The molecule has 7 nitrogen and oxygen atoms in total. The summed E-state index contributed by atoms with van der Waals surface area (Å²) < 4.78 is 27.8. The maximum Gasteiger partial charge on any atom is 0.262 e. The summed E-state index contributed by atoms with van der Waals surface area (Å²) in [5.74, 6) is -0.0725. The molecule has 0 aliphatic rings. The fourth-order valence-corrected chi connectivity index (χ4v) is 3.39. The minimum atomic E-state index is -3.85. The van der Waals surface area contributed by atoms with Gasteiger partial charge in [0.2, 0.25) is 5.95 Å². The minimum absolute atomic E-state index is 0.0327. The quantitative estimate of drug-likeness (QED) is 0.660. The molecule has 8 heteroatoms. The lowest BCUT2D eigenvalue weighted by Crippen LogP contribution is -2.17. The van der Waals surface area contributed by atoms with Gasteiger partial charge in [0, 0.05) is 5.56 Å². The molecule has 0 saturated carbocycles. The first kappa shape index (κ1) is 16.7. The molecule has 3 aromatic rings. The fraction of sp³-hybridized carbons (Fsp3) is 0.0588. The van der Waals surface area contributed by atoms with Crippen LogP contribution in [0, 0.1) is 6.92 Å². The van der Waals surface area contributed by atoms with E-state index in [0.717, 1.165) is 5.56 Å². The molecule has 3 rings (SSSR count). The van der Waals surface area contributed by atoms with E-state index < -0.39 is 10.0 Å². The van der Waals surface area contributed by atoms with E-state index in [0.29, 0.717) is 11.3 Å². The van der Waals surface area contributed by atoms with Crippen LogP contribution in [0.25, 0.3) is 11.3 Å². The van der Waals surface area contributed by atoms with Gasteiger partial charge in [-0.15, -0.1) is 0 Å². The molecule has 1 aromatic heterocycles. The van der Waals surface area contributed by atoms with Gasteiger partial charge in [-0.3, -0.25) is 4.72 Å². The Bertz CT molecular complexity index is 1000. The molecule has 0 amide bonds. The largest absolute Gasteiger partial charge is 0.382 e. The van der Waals surface area contributed by atoms with Crippen molar-refractivity contribution in [3.05, 3.63) is 60.2 Å². The molecule has 0 bridgehead atoms. The van der Waals surface area contributed by atoms with Crippen LogP contribution in [-0.4, -0.2) is 18.4 Å². The second-order valence-electron chi connectivity index (χ2n) is 5.48. The number of nitrogens with zero attached hydrogens (tertiary/aromatic N) is 2. The molecule has 0 atom stereocenters. The van der Waals surface area contributed by atoms with Gasteiger partial charge in [0.1, 0.15) is 11.4 Å². The third kappa shape index (κ3) is 3.53. The fourth-order valence-electron chi connectivity index (χ4n) is 2.31. The van der Waals surface area contributed by atoms with E-state index in [9.17, 15) is 8.42 Å². The summed E-state index contributed by atoms with van der Waals surface area (Å²) in [6.07, 6.45) is 0. The topological polar surface area (TPSA) is 124 Å². The van der Waals surface area contributed by atoms with Crippen molar-refractivity contribution >= 4 is 27.5 Å². The number of sulfonamides is 1. The number of rotatable bonds is 4. The molecule has 5 N–H and O–H groups in total. The minimum Gasteiger partial charge on any atom is -0.382 e. The number of aryl methyl sites for hydroxylation is 1. The lowest BCUT2D eigenvalue weighted by molar-refractivity contribution is 0.601. The number of benzene rings is 2. The van der Waals surface area contributed by atoms with Gasteiger partial charge in [-0.25, -0.2) is 13.4 Å². The van der Waals surface area contributed by atoms with E-state index in [-0.39, 0.29) is 22.3 Å². The molecule has 128 valence electrons. The molecule has 0 radical (unpaired) electrons. The standard InChI is InChI=1S/C17H17N5O2S/c1-11-7-9-13(10-8-11)25(23,24)22-15-14(12-5-3-2-4-6-12)20-17(19)21-16(15)18/h2-10,22H,1H3,(H4,18,19,20,21). The van der Waals surface area contributed by atoms with Gasteiger partial charge in [0.05, 0.1) is 4.90 Å². The Balaban J connectivity index is 2.10. The smallest absolute Gasteiger partial charge is 0.262 e. The zero-order valence-electron chi connectivity index (χ0n) is 13.5.